The Morgan fingerprint density at radius 1 is 1.31 bits per heavy atom. The van der Waals surface area contributed by atoms with Crippen molar-refractivity contribution in [2.75, 3.05) is 13.1 Å². The predicted octanol–water partition coefficient (Wildman–Crippen LogP) is 2.76. The summed E-state index contributed by atoms with van der Waals surface area (Å²) in [5.41, 5.74) is 0.0353. The van der Waals surface area contributed by atoms with E-state index in [1.165, 1.54) is 0 Å². The molecule has 0 aromatic rings. The lowest BCUT2D eigenvalue weighted by Crippen LogP contribution is -2.48. The molecule has 0 bridgehead atoms. The fourth-order valence-corrected chi connectivity index (χ4v) is 1.82. The first-order valence-electron chi connectivity index (χ1n) is 4.94. The first-order valence-corrected chi connectivity index (χ1v) is 4.94. The minimum atomic E-state index is -2.15. The fraction of sp³-hybridized carbons (Fsp3) is 1.00. The molecule has 3 heteroatoms. The lowest BCUT2D eigenvalue weighted by Gasteiger charge is -2.41. The van der Waals surface area contributed by atoms with E-state index in [-0.39, 0.29) is 5.54 Å². The second kappa shape index (κ2) is 3.91. The van der Waals surface area contributed by atoms with Crippen molar-refractivity contribution in [1.29, 1.82) is 0 Å². The summed E-state index contributed by atoms with van der Waals surface area (Å²) in [6.45, 7) is 7.77. The van der Waals surface area contributed by atoms with Crippen molar-refractivity contribution in [2.24, 2.45) is 5.92 Å². The van der Waals surface area contributed by atoms with E-state index in [2.05, 4.69) is 25.7 Å². The first-order chi connectivity index (χ1) is 5.91. The molecular weight excluding hydrogens is 172 g/mol. The molecular formula is C10H19F2N. The number of rotatable bonds is 1. The number of hydrogen-bond acceptors (Lipinski definition) is 1. The van der Waals surface area contributed by atoms with Crippen molar-refractivity contribution in [3.63, 3.8) is 0 Å². The van der Waals surface area contributed by atoms with Gasteiger partial charge in [-0.25, -0.2) is 8.78 Å². The van der Waals surface area contributed by atoms with Crippen molar-refractivity contribution in [1.82, 2.24) is 4.90 Å². The smallest absolute Gasteiger partial charge is 0.242 e. The Balaban J connectivity index is 2.52. The Labute approximate surface area is 79.1 Å². The van der Waals surface area contributed by atoms with Crippen molar-refractivity contribution in [2.45, 2.75) is 45.6 Å². The third kappa shape index (κ3) is 2.90. The maximum Gasteiger partial charge on any atom is 0.242 e. The number of hydrogen-bond donors (Lipinski definition) is 0. The third-order valence-electron chi connectivity index (χ3n) is 2.76. The largest absolute Gasteiger partial charge is 0.298 e. The van der Waals surface area contributed by atoms with E-state index in [4.69, 9.17) is 0 Å². The van der Waals surface area contributed by atoms with Gasteiger partial charge in [-0.15, -0.1) is 0 Å². The summed E-state index contributed by atoms with van der Waals surface area (Å²) in [6, 6.07) is 0. The molecule has 0 radical (unpaired) electrons. The van der Waals surface area contributed by atoms with E-state index >= 15 is 0 Å². The molecule has 1 rings (SSSR count). The van der Waals surface area contributed by atoms with Gasteiger partial charge in [0.15, 0.2) is 0 Å². The molecule has 78 valence electrons. The molecule has 1 saturated heterocycles. The SMILES string of the molecule is CC(C)(C)N1CCCC(C(F)F)C1. The molecule has 1 fully saturated rings. The Morgan fingerprint density at radius 2 is 1.92 bits per heavy atom. The zero-order valence-electron chi connectivity index (χ0n) is 8.69. The van der Waals surface area contributed by atoms with Gasteiger partial charge in [0.05, 0.1) is 0 Å². The highest BCUT2D eigenvalue weighted by Gasteiger charge is 2.31. The van der Waals surface area contributed by atoms with E-state index in [0.717, 1.165) is 13.0 Å². The molecule has 1 atom stereocenters. The van der Waals surface area contributed by atoms with Crippen LogP contribution in [0.5, 0.6) is 0 Å². The molecule has 0 amide bonds. The van der Waals surface area contributed by atoms with E-state index in [1.807, 2.05) is 0 Å². The van der Waals surface area contributed by atoms with Gasteiger partial charge < -0.3 is 0 Å². The van der Waals surface area contributed by atoms with Gasteiger partial charge in [-0.3, -0.25) is 4.90 Å². The maximum atomic E-state index is 12.5. The zero-order chi connectivity index (χ0) is 10.1. The normalized spacial score (nSPS) is 26.8. The van der Waals surface area contributed by atoms with Crippen molar-refractivity contribution >= 4 is 0 Å². The number of likely N-dealkylation sites (tertiary alicyclic amines) is 1. The van der Waals surface area contributed by atoms with E-state index in [9.17, 15) is 8.78 Å². The minimum absolute atomic E-state index is 0.0353. The van der Waals surface area contributed by atoms with Crippen LogP contribution < -0.4 is 0 Å². The van der Waals surface area contributed by atoms with Gasteiger partial charge in [-0.05, 0) is 40.2 Å². The van der Waals surface area contributed by atoms with Gasteiger partial charge >= 0.3 is 0 Å². The van der Waals surface area contributed by atoms with Gasteiger partial charge in [0.2, 0.25) is 6.43 Å². The summed E-state index contributed by atoms with van der Waals surface area (Å²) in [6.07, 6.45) is -0.554. The molecule has 0 N–H and O–H groups in total. The van der Waals surface area contributed by atoms with Crippen LogP contribution in [-0.4, -0.2) is 30.0 Å². The van der Waals surface area contributed by atoms with Crippen molar-refractivity contribution in [3.8, 4) is 0 Å². The molecule has 0 spiro atoms. The highest BCUT2D eigenvalue weighted by Crippen LogP contribution is 2.27. The van der Waals surface area contributed by atoms with Crippen LogP contribution in [0.2, 0.25) is 0 Å². The summed E-state index contributed by atoms with van der Waals surface area (Å²) >= 11 is 0. The van der Waals surface area contributed by atoms with Gasteiger partial charge in [0.25, 0.3) is 0 Å². The first kappa shape index (κ1) is 10.9. The molecule has 13 heavy (non-hydrogen) atoms. The molecule has 0 aromatic heterocycles. The van der Waals surface area contributed by atoms with Gasteiger partial charge in [-0.1, -0.05) is 0 Å². The topological polar surface area (TPSA) is 3.24 Å². The second-order valence-corrected chi connectivity index (χ2v) is 4.85. The summed E-state index contributed by atoms with van der Waals surface area (Å²) in [5.74, 6) is -0.409. The van der Waals surface area contributed by atoms with Gasteiger partial charge in [0, 0.05) is 18.0 Å². The summed E-state index contributed by atoms with van der Waals surface area (Å²) in [4.78, 5) is 2.16. The lowest BCUT2D eigenvalue weighted by molar-refractivity contribution is -0.00120. The highest BCUT2D eigenvalue weighted by atomic mass is 19.3. The van der Waals surface area contributed by atoms with E-state index < -0.39 is 12.3 Å². The lowest BCUT2D eigenvalue weighted by atomic mass is 9.94. The predicted molar refractivity (Wildman–Crippen MR) is 50.1 cm³/mol. The van der Waals surface area contributed by atoms with Crippen LogP contribution in [0.25, 0.3) is 0 Å². The van der Waals surface area contributed by atoms with E-state index in [1.54, 1.807) is 0 Å². The molecule has 1 unspecified atom stereocenters. The average Bonchev–Trinajstić information content (AvgIpc) is 2.03. The van der Waals surface area contributed by atoms with Crippen LogP contribution in [0, 0.1) is 5.92 Å². The average molecular weight is 191 g/mol. The maximum absolute atomic E-state index is 12.5. The monoisotopic (exact) mass is 191 g/mol. The van der Waals surface area contributed by atoms with Crippen LogP contribution in [0.15, 0.2) is 0 Å². The molecule has 1 nitrogen and oxygen atoms in total. The quantitative estimate of drug-likeness (QED) is 0.616. The fourth-order valence-electron chi connectivity index (χ4n) is 1.82. The standard InChI is InChI=1S/C10H19F2N/c1-10(2,3)13-6-4-5-8(7-13)9(11)12/h8-9H,4-7H2,1-3H3. The van der Waals surface area contributed by atoms with Crippen molar-refractivity contribution in [3.05, 3.63) is 0 Å². The highest BCUT2D eigenvalue weighted by molar-refractivity contribution is 4.83. The molecule has 0 aliphatic carbocycles. The number of halogens is 2. The van der Waals surface area contributed by atoms with E-state index in [0.29, 0.717) is 13.0 Å². The molecule has 0 saturated carbocycles. The molecule has 1 aliphatic heterocycles. The number of piperidine rings is 1. The Kier molecular flexibility index (Phi) is 3.28. The van der Waals surface area contributed by atoms with Crippen LogP contribution >= 0.6 is 0 Å². The Morgan fingerprint density at radius 3 is 2.38 bits per heavy atom. The third-order valence-corrected chi connectivity index (χ3v) is 2.76. The molecule has 1 aliphatic rings. The zero-order valence-corrected chi connectivity index (χ0v) is 8.69. The molecule has 1 heterocycles. The Hall–Kier alpha value is -0.180. The van der Waals surface area contributed by atoms with Gasteiger partial charge in [0.1, 0.15) is 0 Å². The summed E-state index contributed by atoms with van der Waals surface area (Å²) in [7, 11) is 0. The summed E-state index contributed by atoms with van der Waals surface area (Å²) in [5, 5.41) is 0. The minimum Gasteiger partial charge on any atom is -0.298 e. The van der Waals surface area contributed by atoms with Gasteiger partial charge in [-0.2, -0.15) is 0 Å². The summed E-state index contributed by atoms with van der Waals surface area (Å²) < 4.78 is 24.9. The molecule has 0 aromatic carbocycles. The van der Waals surface area contributed by atoms with Crippen LogP contribution in [0.3, 0.4) is 0 Å². The van der Waals surface area contributed by atoms with Crippen LogP contribution in [0.1, 0.15) is 33.6 Å². The number of alkyl halides is 2. The number of nitrogens with zero attached hydrogens (tertiary/aromatic N) is 1. The second-order valence-electron chi connectivity index (χ2n) is 4.85. The Bertz CT molecular complexity index is 163. The van der Waals surface area contributed by atoms with Crippen molar-refractivity contribution < 1.29 is 8.78 Å². The van der Waals surface area contributed by atoms with Crippen LogP contribution in [0.4, 0.5) is 8.78 Å². The van der Waals surface area contributed by atoms with Crippen LogP contribution in [-0.2, 0) is 0 Å².